The van der Waals surface area contributed by atoms with Crippen LogP contribution in [0.15, 0.2) is 24.8 Å². The zero-order valence-corrected chi connectivity index (χ0v) is 13.7. The van der Waals surface area contributed by atoms with Crippen LogP contribution in [0.5, 0.6) is 0 Å². The van der Waals surface area contributed by atoms with Crippen LogP contribution in [0.1, 0.15) is 17.1 Å². The molecule has 0 aromatic carbocycles. The first kappa shape index (κ1) is 14.5. The van der Waals surface area contributed by atoms with Gasteiger partial charge in [-0.05, 0) is 31.7 Å². The lowest BCUT2D eigenvalue weighted by Gasteiger charge is -2.23. The molecule has 0 aliphatic carbocycles. The van der Waals surface area contributed by atoms with Crippen LogP contribution >= 0.6 is 0 Å². The Kier molecular flexibility index (Phi) is 3.69. The molecule has 2 fully saturated rings. The van der Waals surface area contributed by atoms with E-state index in [1.807, 2.05) is 25.4 Å². The van der Waals surface area contributed by atoms with E-state index < -0.39 is 0 Å². The average Bonchev–Trinajstić information content (AvgIpc) is 3.06. The van der Waals surface area contributed by atoms with E-state index in [9.17, 15) is 0 Å². The van der Waals surface area contributed by atoms with Crippen LogP contribution in [-0.2, 0) is 6.54 Å². The minimum atomic E-state index is 0.729. The molecule has 23 heavy (non-hydrogen) atoms. The molecule has 2 atom stereocenters. The summed E-state index contributed by atoms with van der Waals surface area (Å²) in [5, 5.41) is 0. The first-order chi connectivity index (χ1) is 11.2. The summed E-state index contributed by atoms with van der Waals surface area (Å²) in [6, 6.07) is 2.03. The number of nitrogens with zero attached hydrogens (tertiary/aromatic N) is 6. The van der Waals surface area contributed by atoms with Gasteiger partial charge in [0.2, 0.25) is 0 Å². The lowest BCUT2D eigenvalue weighted by atomic mass is 10.0. The largest absolute Gasteiger partial charge is 0.356 e. The lowest BCUT2D eigenvalue weighted by molar-refractivity contribution is 0.304. The third-order valence-corrected chi connectivity index (χ3v) is 4.95. The number of hydrogen-bond donors (Lipinski definition) is 0. The van der Waals surface area contributed by atoms with E-state index in [1.165, 1.54) is 5.56 Å². The molecule has 0 N–H and O–H groups in total. The highest BCUT2D eigenvalue weighted by Gasteiger charge is 2.40. The molecule has 2 saturated heterocycles. The van der Waals surface area contributed by atoms with E-state index in [2.05, 4.69) is 36.7 Å². The molecule has 0 radical (unpaired) electrons. The maximum atomic E-state index is 4.52. The van der Waals surface area contributed by atoms with E-state index >= 15 is 0 Å². The summed E-state index contributed by atoms with van der Waals surface area (Å²) in [7, 11) is 0. The van der Waals surface area contributed by atoms with Gasteiger partial charge in [-0.25, -0.2) is 19.9 Å². The molecular weight excluding hydrogens is 288 g/mol. The molecule has 2 aliphatic rings. The van der Waals surface area contributed by atoms with Gasteiger partial charge in [0.05, 0.1) is 5.69 Å². The quantitative estimate of drug-likeness (QED) is 0.855. The summed E-state index contributed by atoms with van der Waals surface area (Å²) in [5.74, 6) is 3.42. The Bertz CT molecular complexity index is 689. The molecule has 0 saturated carbocycles. The van der Waals surface area contributed by atoms with Gasteiger partial charge in [0.1, 0.15) is 18.0 Å². The maximum Gasteiger partial charge on any atom is 0.134 e. The number of aromatic nitrogens is 4. The monoisotopic (exact) mass is 310 g/mol. The third kappa shape index (κ3) is 2.91. The van der Waals surface area contributed by atoms with Gasteiger partial charge in [-0.2, -0.15) is 0 Å². The molecular formula is C17H22N6. The van der Waals surface area contributed by atoms with Gasteiger partial charge in [-0.1, -0.05) is 0 Å². The van der Waals surface area contributed by atoms with Crippen LogP contribution < -0.4 is 4.90 Å². The van der Waals surface area contributed by atoms with Crippen LogP contribution in [0.3, 0.4) is 0 Å². The molecule has 0 spiro atoms. The predicted octanol–water partition coefficient (Wildman–Crippen LogP) is 1.45. The standard InChI is InChI=1S/C17H22N6/c1-12-5-18-11-20-17(12)23-8-14-6-22(7-15(14)9-23)10-16-3-4-19-13(2)21-16/h3-5,11,14-15H,6-10H2,1-2H3. The highest BCUT2D eigenvalue weighted by Crippen LogP contribution is 2.34. The molecule has 6 heteroatoms. The Morgan fingerprint density at radius 3 is 2.57 bits per heavy atom. The predicted molar refractivity (Wildman–Crippen MR) is 88.0 cm³/mol. The normalized spacial score (nSPS) is 24.2. The Hall–Kier alpha value is -2.08. The highest BCUT2D eigenvalue weighted by molar-refractivity contribution is 5.46. The first-order valence-electron chi connectivity index (χ1n) is 8.21. The summed E-state index contributed by atoms with van der Waals surface area (Å²) in [6.45, 7) is 9.46. The number of anilines is 1. The molecule has 0 amide bonds. The van der Waals surface area contributed by atoms with Crippen LogP contribution in [0.4, 0.5) is 5.82 Å². The van der Waals surface area contributed by atoms with E-state index in [1.54, 1.807) is 6.33 Å². The summed E-state index contributed by atoms with van der Waals surface area (Å²) in [4.78, 5) is 22.2. The third-order valence-electron chi connectivity index (χ3n) is 4.95. The molecule has 120 valence electrons. The van der Waals surface area contributed by atoms with Crippen molar-refractivity contribution in [2.45, 2.75) is 20.4 Å². The number of fused-ring (bicyclic) bond motifs is 1. The van der Waals surface area contributed by atoms with Gasteiger partial charge in [0.25, 0.3) is 0 Å². The lowest BCUT2D eigenvalue weighted by Crippen LogP contribution is -2.29. The van der Waals surface area contributed by atoms with Crippen molar-refractivity contribution in [2.24, 2.45) is 11.8 Å². The van der Waals surface area contributed by atoms with Gasteiger partial charge in [0, 0.05) is 50.7 Å². The van der Waals surface area contributed by atoms with Crippen molar-refractivity contribution in [1.82, 2.24) is 24.8 Å². The Morgan fingerprint density at radius 2 is 1.87 bits per heavy atom. The summed E-state index contributed by atoms with van der Waals surface area (Å²) < 4.78 is 0. The summed E-state index contributed by atoms with van der Waals surface area (Å²) >= 11 is 0. The van der Waals surface area contributed by atoms with Crippen molar-refractivity contribution in [3.05, 3.63) is 41.9 Å². The van der Waals surface area contributed by atoms with Gasteiger partial charge in [-0.3, -0.25) is 4.90 Å². The minimum absolute atomic E-state index is 0.729. The molecule has 2 aromatic rings. The second-order valence-corrected chi connectivity index (χ2v) is 6.74. The van der Waals surface area contributed by atoms with Gasteiger partial charge < -0.3 is 4.90 Å². The second kappa shape index (κ2) is 5.85. The van der Waals surface area contributed by atoms with Crippen molar-refractivity contribution in [3.8, 4) is 0 Å². The van der Waals surface area contributed by atoms with Crippen LogP contribution in [0.2, 0.25) is 0 Å². The zero-order chi connectivity index (χ0) is 15.8. The number of hydrogen-bond acceptors (Lipinski definition) is 6. The van der Waals surface area contributed by atoms with Crippen LogP contribution in [0.25, 0.3) is 0 Å². The Morgan fingerprint density at radius 1 is 1.09 bits per heavy atom. The fourth-order valence-electron chi connectivity index (χ4n) is 3.94. The maximum absolute atomic E-state index is 4.52. The number of likely N-dealkylation sites (tertiary alicyclic amines) is 1. The second-order valence-electron chi connectivity index (χ2n) is 6.74. The van der Waals surface area contributed by atoms with Crippen molar-refractivity contribution < 1.29 is 0 Å². The summed E-state index contributed by atoms with van der Waals surface area (Å²) in [6.07, 6.45) is 5.41. The first-order valence-corrected chi connectivity index (χ1v) is 8.21. The molecule has 6 nitrogen and oxygen atoms in total. The van der Waals surface area contributed by atoms with Gasteiger partial charge in [-0.15, -0.1) is 0 Å². The van der Waals surface area contributed by atoms with Crippen molar-refractivity contribution >= 4 is 5.82 Å². The van der Waals surface area contributed by atoms with E-state index in [-0.39, 0.29) is 0 Å². The molecule has 4 heterocycles. The smallest absolute Gasteiger partial charge is 0.134 e. The molecule has 2 aliphatic heterocycles. The van der Waals surface area contributed by atoms with Crippen molar-refractivity contribution in [2.75, 3.05) is 31.1 Å². The topological polar surface area (TPSA) is 58.0 Å². The molecule has 4 rings (SSSR count). The van der Waals surface area contributed by atoms with Crippen LogP contribution in [-0.4, -0.2) is 51.0 Å². The highest BCUT2D eigenvalue weighted by atomic mass is 15.3. The summed E-state index contributed by atoms with van der Waals surface area (Å²) in [5.41, 5.74) is 2.29. The number of rotatable bonds is 3. The van der Waals surface area contributed by atoms with E-state index in [0.717, 1.165) is 61.9 Å². The van der Waals surface area contributed by atoms with E-state index in [4.69, 9.17) is 0 Å². The van der Waals surface area contributed by atoms with Gasteiger partial charge in [0.15, 0.2) is 0 Å². The molecule has 2 unspecified atom stereocenters. The van der Waals surface area contributed by atoms with Crippen molar-refractivity contribution in [3.63, 3.8) is 0 Å². The average molecular weight is 310 g/mol. The molecule has 0 bridgehead atoms. The van der Waals surface area contributed by atoms with Crippen molar-refractivity contribution in [1.29, 1.82) is 0 Å². The zero-order valence-electron chi connectivity index (χ0n) is 13.7. The minimum Gasteiger partial charge on any atom is -0.356 e. The van der Waals surface area contributed by atoms with Gasteiger partial charge >= 0.3 is 0 Å². The van der Waals surface area contributed by atoms with Crippen LogP contribution in [0, 0.1) is 25.7 Å². The number of aryl methyl sites for hydroxylation is 2. The van der Waals surface area contributed by atoms with E-state index in [0.29, 0.717) is 0 Å². The SMILES string of the molecule is Cc1nccc(CN2CC3CN(c4ncncc4C)CC3C2)n1. The fraction of sp³-hybridized carbons (Fsp3) is 0.529. The fourth-order valence-corrected chi connectivity index (χ4v) is 3.94. The Labute approximate surface area is 136 Å². The Balaban J connectivity index is 1.39. The molecule has 2 aromatic heterocycles.